The Kier molecular flexibility index (Phi) is 4.45. The lowest BCUT2D eigenvalue weighted by Crippen LogP contribution is -1.91. The molecule has 20 heavy (non-hydrogen) atoms. The number of Topliss-reactive ketones (excluding diaryl/α,β-unsaturated/α-hetero) is 1. The van der Waals surface area contributed by atoms with Gasteiger partial charge in [-0.25, -0.2) is 0 Å². The molecule has 4 nitrogen and oxygen atoms in total. The first-order valence-corrected chi connectivity index (χ1v) is 6.87. The highest BCUT2D eigenvalue weighted by Gasteiger charge is 2.08. The molecule has 0 unspecified atom stereocenters. The van der Waals surface area contributed by atoms with E-state index in [2.05, 4.69) is 10.0 Å². The Morgan fingerprint density at radius 1 is 1.20 bits per heavy atom. The fourth-order valence-corrected chi connectivity index (χ4v) is 2.69. The molecule has 0 fully saturated rings. The van der Waals surface area contributed by atoms with Gasteiger partial charge in [-0.2, -0.15) is 0 Å². The lowest BCUT2D eigenvalue weighted by molar-refractivity contribution is 0.101. The fourth-order valence-electron chi connectivity index (χ4n) is 1.74. The van der Waals surface area contributed by atoms with Gasteiger partial charge < -0.3 is 0 Å². The quantitative estimate of drug-likeness (QED) is 0.331. The highest BCUT2D eigenvalue weighted by molar-refractivity contribution is 7.99. The Morgan fingerprint density at radius 2 is 1.95 bits per heavy atom. The maximum Gasteiger partial charge on any atom is 0.159 e. The summed E-state index contributed by atoms with van der Waals surface area (Å²) in [7, 11) is 0. The molecule has 2 aromatic carbocycles. The molecule has 100 valence electrons. The van der Waals surface area contributed by atoms with Gasteiger partial charge in [0.1, 0.15) is 0 Å². The molecule has 0 atom stereocenters. The second-order valence-corrected chi connectivity index (χ2v) is 5.38. The summed E-state index contributed by atoms with van der Waals surface area (Å²) in [4.78, 5) is 16.1. The van der Waals surface area contributed by atoms with Crippen LogP contribution in [0.3, 0.4) is 0 Å². The van der Waals surface area contributed by atoms with E-state index in [0.717, 1.165) is 15.4 Å². The van der Waals surface area contributed by atoms with Crippen LogP contribution < -0.4 is 0 Å². The van der Waals surface area contributed by atoms with Gasteiger partial charge in [-0.1, -0.05) is 41.1 Å². The standard InChI is InChI=1S/C15H13N3OS/c1-10-5-3-4-6-14(10)20-15-8-7-12(11(2)19)9-13(15)17-18-16/h3-9H,1-2H3. The van der Waals surface area contributed by atoms with E-state index < -0.39 is 0 Å². The lowest BCUT2D eigenvalue weighted by atomic mass is 10.1. The summed E-state index contributed by atoms with van der Waals surface area (Å²) in [5, 5.41) is 3.68. The highest BCUT2D eigenvalue weighted by atomic mass is 32.2. The third kappa shape index (κ3) is 3.20. The molecule has 0 N–H and O–H groups in total. The van der Waals surface area contributed by atoms with Crippen LogP contribution in [0.4, 0.5) is 5.69 Å². The van der Waals surface area contributed by atoms with Crippen molar-refractivity contribution in [3.63, 3.8) is 0 Å². The molecule has 0 aliphatic carbocycles. The fraction of sp³-hybridized carbons (Fsp3) is 0.133. The van der Waals surface area contributed by atoms with Gasteiger partial charge >= 0.3 is 0 Å². The predicted octanol–water partition coefficient (Wildman–Crippen LogP) is 5.29. The second kappa shape index (κ2) is 6.28. The predicted molar refractivity (Wildman–Crippen MR) is 80.6 cm³/mol. The largest absolute Gasteiger partial charge is 0.295 e. The summed E-state index contributed by atoms with van der Waals surface area (Å²) in [5.41, 5.74) is 10.8. The zero-order chi connectivity index (χ0) is 14.5. The number of azide groups is 1. The van der Waals surface area contributed by atoms with Crippen molar-refractivity contribution in [3.8, 4) is 0 Å². The minimum atomic E-state index is -0.0492. The zero-order valence-electron chi connectivity index (χ0n) is 11.2. The maximum absolute atomic E-state index is 11.4. The van der Waals surface area contributed by atoms with Crippen molar-refractivity contribution in [2.45, 2.75) is 23.6 Å². The van der Waals surface area contributed by atoms with Crippen LogP contribution in [0.25, 0.3) is 10.4 Å². The minimum Gasteiger partial charge on any atom is -0.295 e. The Labute approximate surface area is 121 Å². The molecule has 0 radical (unpaired) electrons. The van der Waals surface area contributed by atoms with E-state index in [1.807, 2.05) is 37.3 Å². The van der Waals surface area contributed by atoms with E-state index in [1.54, 1.807) is 12.1 Å². The molecule has 0 amide bonds. The number of carbonyl (C=O) groups excluding carboxylic acids is 1. The van der Waals surface area contributed by atoms with Crippen molar-refractivity contribution in [2.75, 3.05) is 0 Å². The Hall–Kier alpha value is -2.23. The normalized spacial score (nSPS) is 9.90. The Morgan fingerprint density at radius 3 is 2.60 bits per heavy atom. The minimum absolute atomic E-state index is 0.0492. The number of hydrogen-bond acceptors (Lipinski definition) is 3. The summed E-state index contributed by atoms with van der Waals surface area (Å²) < 4.78 is 0. The van der Waals surface area contributed by atoms with Gasteiger partial charge in [0.15, 0.2) is 5.78 Å². The third-order valence-electron chi connectivity index (χ3n) is 2.83. The van der Waals surface area contributed by atoms with Crippen molar-refractivity contribution in [3.05, 3.63) is 64.0 Å². The molecule has 0 saturated heterocycles. The number of rotatable bonds is 4. The molecule has 2 rings (SSSR count). The van der Waals surface area contributed by atoms with E-state index in [9.17, 15) is 4.79 Å². The van der Waals surface area contributed by atoms with Gasteiger partial charge in [0, 0.05) is 20.3 Å². The number of nitrogens with zero attached hydrogens (tertiary/aromatic N) is 3. The summed E-state index contributed by atoms with van der Waals surface area (Å²) in [5.74, 6) is -0.0492. The molecular formula is C15H13N3OS. The van der Waals surface area contributed by atoms with Crippen molar-refractivity contribution >= 4 is 23.2 Å². The molecule has 0 saturated carbocycles. The van der Waals surface area contributed by atoms with Crippen molar-refractivity contribution < 1.29 is 4.79 Å². The van der Waals surface area contributed by atoms with Crippen molar-refractivity contribution in [1.29, 1.82) is 0 Å². The van der Waals surface area contributed by atoms with E-state index in [1.165, 1.54) is 18.7 Å². The number of hydrogen-bond donors (Lipinski definition) is 0. The molecule has 0 aromatic heterocycles. The Bertz CT molecular complexity index is 706. The van der Waals surface area contributed by atoms with Crippen LogP contribution >= 0.6 is 11.8 Å². The molecule has 0 heterocycles. The van der Waals surface area contributed by atoms with Crippen LogP contribution in [0.1, 0.15) is 22.8 Å². The number of benzene rings is 2. The van der Waals surface area contributed by atoms with Crippen LogP contribution in [0.5, 0.6) is 0 Å². The molecule has 0 bridgehead atoms. The van der Waals surface area contributed by atoms with E-state index in [0.29, 0.717) is 11.3 Å². The Balaban J connectivity index is 2.43. The topological polar surface area (TPSA) is 65.8 Å². The van der Waals surface area contributed by atoms with E-state index in [4.69, 9.17) is 5.53 Å². The number of ketones is 1. The highest BCUT2D eigenvalue weighted by Crippen LogP contribution is 2.37. The summed E-state index contributed by atoms with van der Waals surface area (Å²) in [6, 6.07) is 13.2. The van der Waals surface area contributed by atoms with Gasteiger partial charge in [0.2, 0.25) is 0 Å². The molecule has 0 spiro atoms. The molecule has 2 aromatic rings. The van der Waals surface area contributed by atoms with Crippen LogP contribution in [0, 0.1) is 6.92 Å². The van der Waals surface area contributed by atoms with E-state index >= 15 is 0 Å². The summed E-state index contributed by atoms with van der Waals surface area (Å²) >= 11 is 1.53. The smallest absolute Gasteiger partial charge is 0.159 e. The average Bonchev–Trinajstić information content (AvgIpc) is 2.43. The SMILES string of the molecule is CC(=O)c1ccc(Sc2ccccc2C)c(N=[N+]=[N-])c1. The molecule has 0 aliphatic heterocycles. The van der Waals surface area contributed by atoms with Crippen molar-refractivity contribution in [2.24, 2.45) is 5.11 Å². The first kappa shape index (κ1) is 14.2. The summed E-state index contributed by atoms with van der Waals surface area (Å²) in [6.45, 7) is 3.52. The summed E-state index contributed by atoms with van der Waals surface area (Å²) in [6.07, 6.45) is 0. The van der Waals surface area contributed by atoms with Crippen LogP contribution in [0.2, 0.25) is 0 Å². The molecule has 5 heteroatoms. The van der Waals surface area contributed by atoms with Gasteiger partial charge in [0.25, 0.3) is 0 Å². The zero-order valence-corrected chi connectivity index (χ0v) is 12.0. The monoisotopic (exact) mass is 283 g/mol. The average molecular weight is 283 g/mol. The van der Waals surface area contributed by atoms with Gasteiger partial charge in [-0.3, -0.25) is 4.79 Å². The second-order valence-electron chi connectivity index (χ2n) is 4.30. The molecule has 0 aliphatic rings. The van der Waals surface area contributed by atoms with Crippen LogP contribution in [-0.2, 0) is 0 Å². The van der Waals surface area contributed by atoms with E-state index in [-0.39, 0.29) is 5.78 Å². The van der Waals surface area contributed by atoms with Gasteiger partial charge in [-0.15, -0.1) is 0 Å². The van der Waals surface area contributed by atoms with Gasteiger partial charge in [-0.05, 0) is 43.1 Å². The first-order chi connectivity index (χ1) is 9.61. The first-order valence-electron chi connectivity index (χ1n) is 6.05. The lowest BCUT2D eigenvalue weighted by Gasteiger charge is -2.08. The number of carbonyl (C=O) groups is 1. The maximum atomic E-state index is 11.4. The number of aryl methyl sites for hydroxylation is 1. The van der Waals surface area contributed by atoms with Crippen molar-refractivity contribution in [1.82, 2.24) is 0 Å². The third-order valence-corrected chi connectivity index (χ3v) is 4.07. The van der Waals surface area contributed by atoms with Gasteiger partial charge in [0.05, 0.1) is 5.69 Å². The van der Waals surface area contributed by atoms with Crippen LogP contribution in [-0.4, -0.2) is 5.78 Å². The van der Waals surface area contributed by atoms with Crippen LogP contribution in [0.15, 0.2) is 57.4 Å². The molecular weight excluding hydrogens is 270 g/mol.